The van der Waals surface area contributed by atoms with Crippen LogP contribution in [0.2, 0.25) is 5.02 Å². The summed E-state index contributed by atoms with van der Waals surface area (Å²) in [5.41, 5.74) is 0.795. The van der Waals surface area contributed by atoms with E-state index in [4.69, 9.17) is 25.8 Å². The number of fused-ring (bicyclic) bond motifs is 2. The summed E-state index contributed by atoms with van der Waals surface area (Å²) in [5.74, 6) is 2.24. The van der Waals surface area contributed by atoms with Crippen molar-refractivity contribution in [2.24, 2.45) is 5.92 Å². The Labute approximate surface area is 164 Å². The first-order valence-electron chi connectivity index (χ1n) is 9.88. The maximum absolute atomic E-state index is 12.9. The molecule has 5 rings (SSSR count). The summed E-state index contributed by atoms with van der Waals surface area (Å²) in [6, 6.07) is 4.47. The van der Waals surface area contributed by atoms with Crippen LogP contribution in [0.3, 0.4) is 0 Å². The molecular weight excluding hydrogens is 368 g/mol. The molecule has 1 aromatic rings. The normalized spacial score (nSPS) is 28.0. The van der Waals surface area contributed by atoms with E-state index >= 15 is 0 Å². The van der Waals surface area contributed by atoms with Gasteiger partial charge in [0.15, 0.2) is 11.5 Å². The molecule has 2 atom stereocenters. The molecule has 7 heteroatoms. The predicted octanol–water partition coefficient (Wildman–Crippen LogP) is 1.98. The summed E-state index contributed by atoms with van der Waals surface area (Å²) in [6.07, 6.45) is 2.93. The molecule has 0 bridgehead atoms. The third-order valence-electron chi connectivity index (χ3n) is 6.12. The Kier molecular flexibility index (Phi) is 4.66. The lowest BCUT2D eigenvalue weighted by molar-refractivity contribution is -0.139. The Morgan fingerprint density at radius 2 is 1.89 bits per heavy atom. The van der Waals surface area contributed by atoms with Crippen LogP contribution >= 0.6 is 11.6 Å². The van der Waals surface area contributed by atoms with Gasteiger partial charge in [0.1, 0.15) is 13.2 Å². The van der Waals surface area contributed by atoms with E-state index in [2.05, 4.69) is 4.90 Å². The number of halogens is 1. The fourth-order valence-electron chi connectivity index (χ4n) is 4.51. The average Bonchev–Trinajstić information content (AvgIpc) is 3.53. The third kappa shape index (κ3) is 3.50. The summed E-state index contributed by atoms with van der Waals surface area (Å²) >= 11 is 6.38. The van der Waals surface area contributed by atoms with Crippen molar-refractivity contribution in [3.05, 3.63) is 22.7 Å². The van der Waals surface area contributed by atoms with Crippen molar-refractivity contribution >= 4 is 17.5 Å². The molecule has 27 heavy (non-hydrogen) atoms. The molecular formula is C20H25ClN2O4. The largest absolute Gasteiger partial charge is 0.486 e. The van der Waals surface area contributed by atoms with E-state index in [0.29, 0.717) is 41.8 Å². The molecule has 3 heterocycles. The number of hydrogen-bond donors (Lipinski definition) is 0. The fraction of sp³-hybridized carbons (Fsp3) is 0.650. The predicted molar refractivity (Wildman–Crippen MR) is 101 cm³/mol. The number of carbonyl (C=O) groups excluding carboxylic acids is 1. The van der Waals surface area contributed by atoms with E-state index in [1.54, 1.807) is 6.07 Å². The Morgan fingerprint density at radius 3 is 2.67 bits per heavy atom. The van der Waals surface area contributed by atoms with Crippen molar-refractivity contribution in [3.63, 3.8) is 0 Å². The first kappa shape index (κ1) is 17.6. The molecule has 3 aliphatic heterocycles. The van der Waals surface area contributed by atoms with Crippen LogP contribution in [0.1, 0.15) is 18.4 Å². The van der Waals surface area contributed by atoms with Gasteiger partial charge in [-0.05, 0) is 30.4 Å². The van der Waals surface area contributed by atoms with Gasteiger partial charge in [-0.15, -0.1) is 0 Å². The summed E-state index contributed by atoms with van der Waals surface area (Å²) in [4.78, 5) is 17.5. The highest BCUT2D eigenvalue weighted by molar-refractivity contribution is 6.31. The van der Waals surface area contributed by atoms with Gasteiger partial charge in [0.05, 0.1) is 25.7 Å². The highest BCUT2D eigenvalue weighted by Gasteiger charge is 2.43. The molecule has 0 aromatic heterocycles. The van der Waals surface area contributed by atoms with Gasteiger partial charge >= 0.3 is 0 Å². The minimum atomic E-state index is 0.113. The zero-order valence-electron chi connectivity index (χ0n) is 15.4. The molecule has 0 spiro atoms. The Bertz CT molecular complexity index is 739. The summed E-state index contributed by atoms with van der Waals surface area (Å²) < 4.78 is 17.0. The lowest BCUT2D eigenvalue weighted by Crippen LogP contribution is -2.63. The minimum absolute atomic E-state index is 0.113. The van der Waals surface area contributed by atoms with E-state index in [-0.39, 0.29) is 12.3 Å². The second kappa shape index (κ2) is 7.15. The van der Waals surface area contributed by atoms with Gasteiger partial charge in [0.2, 0.25) is 5.91 Å². The van der Waals surface area contributed by atoms with Gasteiger partial charge in [0.25, 0.3) is 0 Å². The van der Waals surface area contributed by atoms with Gasteiger partial charge in [-0.3, -0.25) is 9.69 Å². The number of hydrogen-bond acceptors (Lipinski definition) is 5. The summed E-state index contributed by atoms with van der Waals surface area (Å²) in [5, 5.41) is 0.557. The fourth-order valence-corrected chi connectivity index (χ4v) is 4.73. The van der Waals surface area contributed by atoms with Crippen LogP contribution in [0.5, 0.6) is 11.5 Å². The average molecular weight is 393 g/mol. The van der Waals surface area contributed by atoms with Crippen molar-refractivity contribution in [1.29, 1.82) is 0 Å². The molecule has 1 aromatic carbocycles. The highest BCUT2D eigenvalue weighted by Crippen LogP contribution is 2.39. The number of nitrogens with zero attached hydrogens (tertiary/aromatic N) is 2. The summed E-state index contributed by atoms with van der Waals surface area (Å²) in [7, 11) is 0. The molecule has 0 unspecified atom stereocenters. The molecule has 146 valence electrons. The third-order valence-corrected chi connectivity index (χ3v) is 6.48. The number of rotatable bonds is 3. The Hall–Kier alpha value is -1.50. The minimum Gasteiger partial charge on any atom is -0.486 e. The van der Waals surface area contributed by atoms with Crippen LogP contribution in [-0.4, -0.2) is 73.9 Å². The van der Waals surface area contributed by atoms with Crippen molar-refractivity contribution in [3.8, 4) is 11.5 Å². The van der Waals surface area contributed by atoms with E-state index in [0.717, 1.165) is 44.3 Å². The second-order valence-corrected chi connectivity index (χ2v) is 8.34. The smallest absolute Gasteiger partial charge is 0.227 e. The standard InChI is InChI=1S/C20H25ClN2O4/c21-16-9-19-18(26-5-6-27-19)7-14(16)8-20(24)22-3-4-23-15(10-22)11-25-12-17(23)13-1-2-13/h7,9,13,15,17H,1-6,8,10-12H2/t15-,17-/m1/s1. The number of carbonyl (C=O) groups is 1. The second-order valence-electron chi connectivity index (χ2n) is 7.94. The molecule has 1 saturated carbocycles. The zero-order chi connectivity index (χ0) is 18.4. The maximum Gasteiger partial charge on any atom is 0.227 e. The van der Waals surface area contributed by atoms with Crippen LogP contribution in [0, 0.1) is 5.92 Å². The maximum atomic E-state index is 12.9. The highest BCUT2D eigenvalue weighted by atomic mass is 35.5. The molecule has 2 saturated heterocycles. The molecule has 1 amide bonds. The molecule has 6 nitrogen and oxygen atoms in total. The van der Waals surface area contributed by atoms with Crippen molar-refractivity contribution in [2.45, 2.75) is 31.3 Å². The first-order valence-corrected chi connectivity index (χ1v) is 10.3. The number of amides is 1. The number of benzene rings is 1. The van der Waals surface area contributed by atoms with E-state index in [9.17, 15) is 4.79 Å². The molecule has 0 radical (unpaired) electrons. The molecule has 3 fully saturated rings. The molecule has 4 aliphatic rings. The van der Waals surface area contributed by atoms with Gasteiger partial charge in [0, 0.05) is 36.8 Å². The summed E-state index contributed by atoms with van der Waals surface area (Å²) in [6.45, 7) is 5.07. The van der Waals surface area contributed by atoms with Gasteiger partial charge in [-0.25, -0.2) is 0 Å². The molecule has 0 N–H and O–H groups in total. The van der Waals surface area contributed by atoms with Crippen LogP contribution in [-0.2, 0) is 16.0 Å². The van der Waals surface area contributed by atoms with E-state index in [1.807, 2.05) is 11.0 Å². The number of morpholine rings is 1. The van der Waals surface area contributed by atoms with Crippen molar-refractivity contribution in [2.75, 3.05) is 46.1 Å². The number of ether oxygens (including phenoxy) is 3. The van der Waals surface area contributed by atoms with Crippen LogP contribution in [0.4, 0.5) is 0 Å². The van der Waals surface area contributed by atoms with Crippen molar-refractivity contribution in [1.82, 2.24) is 9.80 Å². The lowest BCUT2D eigenvalue weighted by Gasteiger charge is -2.48. The van der Waals surface area contributed by atoms with Crippen molar-refractivity contribution < 1.29 is 19.0 Å². The van der Waals surface area contributed by atoms with E-state index < -0.39 is 0 Å². The number of piperazine rings is 1. The van der Waals surface area contributed by atoms with Crippen LogP contribution in [0.25, 0.3) is 0 Å². The molecule has 1 aliphatic carbocycles. The van der Waals surface area contributed by atoms with E-state index in [1.165, 1.54) is 12.8 Å². The zero-order valence-corrected chi connectivity index (χ0v) is 16.1. The Morgan fingerprint density at radius 1 is 1.11 bits per heavy atom. The van der Waals surface area contributed by atoms with Crippen LogP contribution in [0.15, 0.2) is 12.1 Å². The first-order chi connectivity index (χ1) is 13.2. The quantitative estimate of drug-likeness (QED) is 0.787. The lowest BCUT2D eigenvalue weighted by atomic mass is 10.0. The van der Waals surface area contributed by atoms with Gasteiger partial charge in [-0.1, -0.05) is 11.6 Å². The monoisotopic (exact) mass is 392 g/mol. The Balaban J connectivity index is 1.25. The van der Waals surface area contributed by atoms with Gasteiger partial charge < -0.3 is 19.1 Å². The topological polar surface area (TPSA) is 51.2 Å². The van der Waals surface area contributed by atoms with Crippen LogP contribution < -0.4 is 9.47 Å². The SMILES string of the molecule is O=C(Cc1cc2c(cc1Cl)OCCO2)N1CCN2[C@@H](COC[C@@H]2C2CC2)C1. The van der Waals surface area contributed by atoms with Gasteiger partial charge in [-0.2, -0.15) is 0 Å².